The van der Waals surface area contributed by atoms with Gasteiger partial charge < -0.3 is 10.4 Å². The fourth-order valence-electron chi connectivity index (χ4n) is 1.55. The lowest BCUT2D eigenvalue weighted by Crippen LogP contribution is -2.15. The van der Waals surface area contributed by atoms with Crippen LogP contribution in [0.2, 0.25) is 0 Å². The summed E-state index contributed by atoms with van der Waals surface area (Å²) in [5, 5.41) is 22.0. The molecule has 0 bridgehead atoms. The Labute approximate surface area is 117 Å². The summed E-state index contributed by atoms with van der Waals surface area (Å²) in [7, 11) is 0. The standard InChI is InChI=1S/C12H8N4O5/c17-11(7-4-13-6-14-5-7)15-10-3-8(16(20)21)1-2-9(10)12(18)19/h1-6H,(H,15,17)(H,18,19). The van der Waals surface area contributed by atoms with Gasteiger partial charge in [0.05, 0.1) is 21.7 Å². The van der Waals surface area contributed by atoms with E-state index in [0.717, 1.165) is 18.2 Å². The van der Waals surface area contributed by atoms with Crippen molar-refractivity contribution >= 4 is 23.3 Å². The normalized spacial score (nSPS) is 9.90. The Hall–Kier alpha value is -3.36. The van der Waals surface area contributed by atoms with Gasteiger partial charge in [-0.2, -0.15) is 0 Å². The van der Waals surface area contributed by atoms with Gasteiger partial charge in [0.2, 0.25) is 0 Å². The van der Waals surface area contributed by atoms with E-state index in [1.54, 1.807) is 0 Å². The van der Waals surface area contributed by atoms with Crippen LogP contribution in [0, 0.1) is 10.1 Å². The first-order valence-corrected chi connectivity index (χ1v) is 5.57. The quantitative estimate of drug-likeness (QED) is 0.639. The lowest BCUT2D eigenvalue weighted by Gasteiger charge is -2.08. The number of nitro groups is 1. The molecule has 1 amide bonds. The molecule has 0 spiro atoms. The number of carboxylic acid groups (broad SMARTS) is 1. The molecule has 0 aliphatic heterocycles. The second-order valence-corrected chi connectivity index (χ2v) is 3.87. The van der Waals surface area contributed by atoms with E-state index in [9.17, 15) is 19.7 Å². The number of aromatic carboxylic acids is 1. The monoisotopic (exact) mass is 288 g/mol. The Bertz CT molecular complexity index is 717. The summed E-state index contributed by atoms with van der Waals surface area (Å²) < 4.78 is 0. The minimum absolute atomic E-state index is 0.0975. The van der Waals surface area contributed by atoms with E-state index < -0.39 is 16.8 Å². The second-order valence-electron chi connectivity index (χ2n) is 3.87. The maximum absolute atomic E-state index is 11.9. The van der Waals surface area contributed by atoms with Gasteiger partial charge in [0.1, 0.15) is 6.33 Å². The van der Waals surface area contributed by atoms with E-state index in [1.807, 2.05) is 0 Å². The topological polar surface area (TPSA) is 135 Å². The van der Waals surface area contributed by atoms with Gasteiger partial charge in [-0.1, -0.05) is 0 Å². The Morgan fingerprint density at radius 2 is 1.90 bits per heavy atom. The van der Waals surface area contributed by atoms with E-state index in [4.69, 9.17) is 5.11 Å². The maximum Gasteiger partial charge on any atom is 0.337 e. The number of rotatable bonds is 4. The number of nitrogens with zero attached hydrogens (tertiary/aromatic N) is 3. The SMILES string of the molecule is O=C(Nc1cc([N+](=O)[O-])ccc1C(=O)O)c1cncnc1. The molecule has 106 valence electrons. The van der Waals surface area contributed by atoms with Gasteiger partial charge in [-0.3, -0.25) is 14.9 Å². The highest BCUT2D eigenvalue weighted by Gasteiger charge is 2.18. The molecule has 0 saturated carbocycles. The molecule has 0 aliphatic rings. The molecule has 9 heteroatoms. The number of aromatic nitrogens is 2. The predicted octanol–water partition coefficient (Wildman–Crippen LogP) is 1.34. The smallest absolute Gasteiger partial charge is 0.337 e. The zero-order valence-electron chi connectivity index (χ0n) is 10.4. The Kier molecular flexibility index (Phi) is 3.84. The van der Waals surface area contributed by atoms with Crippen LogP contribution in [0.5, 0.6) is 0 Å². The van der Waals surface area contributed by atoms with Crippen molar-refractivity contribution in [1.29, 1.82) is 0 Å². The fourth-order valence-corrected chi connectivity index (χ4v) is 1.55. The Morgan fingerprint density at radius 3 is 2.48 bits per heavy atom. The van der Waals surface area contributed by atoms with Gasteiger partial charge in [-0.05, 0) is 6.07 Å². The third-order valence-corrected chi connectivity index (χ3v) is 2.52. The highest BCUT2D eigenvalue weighted by atomic mass is 16.6. The molecule has 2 rings (SSSR count). The van der Waals surface area contributed by atoms with Crippen LogP contribution in [-0.4, -0.2) is 31.9 Å². The molecule has 9 nitrogen and oxygen atoms in total. The predicted molar refractivity (Wildman–Crippen MR) is 70.0 cm³/mol. The van der Waals surface area contributed by atoms with Gasteiger partial charge in [-0.25, -0.2) is 14.8 Å². The van der Waals surface area contributed by atoms with Crippen molar-refractivity contribution in [3.05, 3.63) is 58.2 Å². The molecule has 1 aromatic heterocycles. The van der Waals surface area contributed by atoms with E-state index in [1.165, 1.54) is 18.7 Å². The first-order valence-electron chi connectivity index (χ1n) is 5.57. The molecule has 2 aromatic rings. The molecule has 0 saturated heterocycles. The van der Waals surface area contributed by atoms with Gasteiger partial charge in [0.25, 0.3) is 11.6 Å². The third-order valence-electron chi connectivity index (χ3n) is 2.52. The number of carboxylic acids is 1. The summed E-state index contributed by atoms with van der Waals surface area (Å²) in [4.78, 5) is 40.3. The molecule has 0 radical (unpaired) electrons. The molecular weight excluding hydrogens is 280 g/mol. The van der Waals surface area contributed by atoms with Gasteiger partial charge in [-0.15, -0.1) is 0 Å². The first kappa shape index (κ1) is 14.1. The van der Waals surface area contributed by atoms with Crippen LogP contribution in [0.15, 0.2) is 36.9 Å². The summed E-state index contributed by atoms with van der Waals surface area (Å²) in [6, 6.07) is 3.08. The zero-order chi connectivity index (χ0) is 15.4. The molecule has 0 atom stereocenters. The summed E-state index contributed by atoms with van der Waals surface area (Å²) in [6.07, 6.45) is 3.70. The van der Waals surface area contributed by atoms with Crippen LogP contribution >= 0.6 is 0 Å². The Morgan fingerprint density at radius 1 is 1.24 bits per heavy atom. The average Bonchev–Trinajstić information content (AvgIpc) is 2.47. The summed E-state index contributed by atoms with van der Waals surface area (Å²) in [5.74, 6) is -1.98. The number of carbonyl (C=O) groups excluding carboxylic acids is 1. The molecule has 0 aliphatic carbocycles. The van der Waals surface area contributed by atoms with Gasteiger partial charge in [0, 0.05) is 24.5 Å². The van der Waals surface area contributed by atoms with Crippen molar-refractivity contribution in [2.75, 3.05) is 5.32 Å². The number of benzene rings is 1. The molecule has 1 aromatic carbocycles. The first-order chi connectivity index (χ1) is 9.99. The lowest BCUT2D eigenvalue weighted by atomic mass is 10.1. The van der Waals surface area contributed by atoms with Crippen LogP contribution < -0.4 is 5.32 Å². The minimum atomic E-state index is -1.32. The third kappa shape index (κ3) is 3.15. The average molecular weight is 288 g/mol. The lowest BCUT2D eigenvalue weighted by molar-refractivity contribution is -0.384. The number of amides is 1. The molecule has 1 heterocycles. The summed E-state index contributed by atoms with van der Waals surface area (Å²) >= 11 is 0. The zero-order valence-corrected chi connectivity index (χ0v) is 10.4. The molecule has 0 fully saturated rings. The molecule has 21 heavy (non-hydrogen) atoms. The number of non-ortho nitro benzene ring substituents is 1. The maximum atomic E-state index is 11.9. The number of carbonyl (C=O) groups is 2. The van der Waals surface area contributed by atoms with Crippen molar-refractivity contribution in [3.8, 4) is 0 Å². The van der Waals surface area contributed by atoms with Crippen LogP contribution in [0.25, 0.3) is 0 Å². The highest BCUT2D eigenvalue weighted by Crippen LogP contribution is 2.23. The molecule has 0 unspecified atom stereocenters. The van der Waals surface area contributed by atoms with Gasteiger partial charge in [0.15, 0.2) is 0 Å². The van der Waals surface area contributed by atoms with Crippen LogP contribution in [-0.2, 0) is 0 Å². The van der Waals surface area contributed by atoms with Crippen molar-refractivity contribution in [2.45, 2.75) is 0 Å². The number of nitrogens with one attached hydrogen (secondary N) is 1. The van der Waals surface area contributed by atoms with Crippen LogP contribution in [0.4, 0.5) is 11.4 Å². The summed E-state index contributed by atoms with van der Waals surface area (Å²) in [5.41, 5.74) is -0.670. The highest BCUT2D eigenvalue weighted by molar-refractivity contribution is 6.07. The van der Waals surface area contributed by atoms with Crippen molar-refractivity contribution < 1.29 is 19.6 Å². The van der Waals surface area contributed by atoms with E-state index >= 15 is 0 Å². The Balaban J connectivity index is 2.37. The van der Waals surface area contributed by atoms with Crippen LogP contribution in [0.1, 0.15) is 20.7 Å². The van der Waals surface area contributed by atoms with E-state index in [2.05, 4.69) is 15.3 Å². The van der Waals surface area contributed by atoms with Crippen molar-refractivity contribution in [2.24, 2.45) is 0 Å². The van der Waals surface area contributed by atoms with Crippen molar-refractivity contribution in [3.63, 3.8) is 0 Å². The molecular formula is C12H8N4O5. The number of anilines is 1. The summed E-state index contributed by atoms with van der Waals surface area (Å²) in [6.45, 7) is 0. The molecule has 2 N–H and O–H groups in total. The van der Waals surface area contributed by atoms with Gasteiger partial charge >= 0.3 is 5.97 Å². The largest absolute Gasteiger partial charge is 0.478 e. The fraction of sp³-hybridized carbons (Fsp3) is 0. The number of hydrogen-bond donors (Lipinski definition) is 2. The number of hydrogen-bond acceptors (Lipinski definition) is 6. The second kappa shape index (κ2) is 5.74. The van der Waals surface area contributed by atoms with E-state index in [-0.39, 0.29) is 22.5 Å². The number of nitro benzene ring substituents is 1. The van der Waals surface area contributed by atoms with E-state index in [0.29, 0.717) is 0 Å². The van der Waals surface area contributed by atoms with Crippen LogP contribution in [0.3, 0.4) is 0 Å². The minimum Gasteiger partial charge on any atom is -0.478 e. The van der Waals surface area contributed by atoms with Crippen molar-refractivity contribution in [1.82, 2.24) is 9.97 Å².